The molecule has 0 aliphatic rings. The van der Waals surface area contributed by atoms with Crippen LogP contribution in [0.2, 0.25) is 0 Å². The Morgan fingerprint density at radius 1 is 1.00 bits per heavy atom. The number of carbonyl (C=O) groups is 2. The van der Waals surface area contributed by atoms with Crippen molar-refractivity contribution in [2.45, 2.75) is 0 Å². The van der Waals surface area contributed by atoms with Crippen LogP contribution in [0.4, 0.5) is 0 Å². The van der Waals surface area contributed by atoms with Crippen LogP contribution >= 0.6 is 0 Å². The van der Waals surface area contributed by atoms with Crippen LogP contribution in [0, 0.1) is 0 Å². The number of hydrogen-bond donors (Lipinski definition) is 3. The standard InChI is InChI=1S/C15H10N2O6/c1-23-15(22)6-2-3-8(19)13-11(6)16-14-10(21)4-9(20)7(5-18)12(14)17-13/h2-5,19-21H,1H3. The molecule has 3 N–H and O–H groups in total. The number of carbonyl (C=O) groups excluding carboxylic acids is 2. The Morgan fingerprint density at radius 3 is 2.30 bits per heavy atom. The molecule has 23 heavy (non-hydrogen) atoms. The van der Waals surface area contributed by atoms with Crippen molar-refractivity contribution < 1.29 is 29.6 Å². The van der Waals surface area contributed by atoms with Crippen molar-refractivity contribution in [3.63, 3.8) is 0 Å². The number of phenols is 3. The van der Waals surface area contributed by atoms with Gasteiger partial charge in [0.1, 0.15) is 39.3 Å². The van der Waals surface area contributed by atoms with Crippen LogP contribution in [0.15, 0.2) is 18.2 Å². The number of benzene rings is 2. The SMILES string of the molecule is COC(=O)c1ccc(O)c2nc3c(C=O)c(O)cc(O)c3nc12. The summed E-state index contributed by atoms with van der Waals surface area (Å²) in [5, 5.41) is 29.6. The molecule has 0 fully saturated rings. The summed E-state index contributed by atoms with van der Waals surface area (Å²) in [5.74, 6) is -1.86. The summed E-state index contributed by atoms with van der Waals surface area (Å²) in [5.41, 5.74) is -0.393. The molecule has 1 aromatic heterocycles. The van der Waals surface area contributed by atoms with E-state index in [1.165, 1.54) is 19.2 Å². The van der Waals surface area contributed by atoms with E-state index in [1.807, 2.05) is 0 Å². The third-order valence-electron chi connectivity index (χ3n) is 3.37. The van der Waals surface area contributed by atoms with E-state index < -0.39 is 17.5 Å². The van der Waals surface area contributed by atoms with Gasteiger partial charge in [-0.2, -0.15) is 0 Å². The van der Waals surface area contributed by atoms with Gasteiger partial charge in [-0.15, -0.1) is 0 Å². The molecule has 0 aliphatic heterocycles. The summed E-state index contributed by atoms with van der Waals surface area (Å²) in [7, 11) is 1.19. The van der Waals surface area contributed by atoms with Crippen LogP contribution in [0.3, 0.4) is 0 Å². The third kappa shape index (κ3) is 2.08. The third-order valence-corrected chi connectivity index (χ3v) is 3.37. The predicted octanol–water partition coefficient (Wildman–Crippen LogP) is 1.50. The van der Waals surface area contributed by atoms with Crippen molar-refractivity contribution in [1.82, 2.24) is 9.97 Å². The highest BCUT2D eigenvalue weighted by Gasteiger charge is 2.20. The fourth-order valence-corrected chi connectivity index (χ4v) is 2.28. The molecular weight excluding hydrogens is 304 g/mol. The van der Waals surface area contributed by atoms with E-state index in [0.29, 0.717) is 6.29 Å². The smallest absolute Gasteiger partial charge is 0.340 e. The zero-order valence-electron chi connectivity index (χ0n) is 11.8. The Balaban J connectivity index is 2.54. The molecule has 0 saturated heterocycles. The van der Waals surface area contributed by atoms with Crippen LogP contribution in [0.25, 0.3) is 22.1 Å². The van der Waals surface area contributed by atoms with Gasteiger partial charge in [0.25, 0.3) is 0 Å². The molecule has 0 bridgehead atoms. The molecular formula is C15H10N2O6. The van der Waals surface area contributed by atoms with Gasteiger partial charge in [0.2, 0.25) is 0 Å². The van der Waals surface area contributed by atoms with Crippen molar-refractivity contribution in [3.05, 3.63) is 29.3 Å². The second kappa shape index (κ2) is 5.09. The maximum absolute atomic E-state index is 11.8. The lowest BCUT2D eigenvalue weighted by Gasteiger charge is -2.09. The lowest BCUT2D eigenvalue weighted by atomic mass is 10.1. The number of methoxy groups -OCH3 is 1. The number of rotatable bonds is 2. The molecule has 116 valence electrons. The average molecular weight is 314 g/mol. The number of fused-ring (bicyclic) bond motifs is 2. The highest BCUT2D eigenvalue weighted by Crippen LogP contribution is 2.35. The Kier molecular flexibility index (Phi) is 3.21. The van der Waals surface area contributed by atoms with E-state index >= 15 is 0 Å². The molecule has 3 aromatic rings. The minimum atomic E-state index is -0.697. The first-order chi connectivity index (χ1) is 11.0. The summed E-state index contributed by atoms with van der Waals surface area (Å²) >= 11 is 0. The first-order valence-corrected chi connectivity index (χ1v) is 6.39. The van der Waals surface area contributed by atoms with Crippen molar-refractivity contribution in [2.24, 2.45) is 0 Å². The normalized spacial score (nSPS) is 10.8. The number of esters is 1. The van der Waals surface area contributed by atoms with Crippen LogP contribution in [0.5, 0.6) is 17.2 Å². The van der Waals surface area contributed by atoms with Crippen molar-refractivity contribution in [3.8, 4) is 17.2 Å². The molecule has 0 spiro atoms. The Labute approximate surface area is 128 Å². The second-order valence-electron chi connectivity index (χ2n) is 4.69. The molecule has 0 unspecified atom stereocenters. The molecule has 0 saturated carbocycles. The summed E-state index contributed by atoms with van der Waals surface area (Å²) < 4.78 is 4.64. The highest BCUT2D eigenvalue weighted by molar-refractivity contribution is 6.08. The van der Waals surface area contributed by atoms with Crippen LogP contribution in [-0.2, 0) is 4.74 Å². The minimum absolute atomic E-state index is 0.00203. The first kappa shape index (κ1) is 14.5. The number of aldehydes is 1. The number of nitrogens with zero attached hydrogens (tertiary/aromatic N) is 2. The molecule has 0 atom stereocenters. The van der Waals surface area contributed by atoms with Crippen LogP contribution in [0.1, 0.15) is 20.7 Å². The quantitative estimate of drug-likeness (QED) is 0.368. The van der Waals surface area contributed by atoms with E-state index in [9.17, 15) is 24.9 Å². The Bertz CT molecular complexity index is 983. The van der Waals surface area contributed by atoms with Gasteiger partial charge in [-0.3, -0.25) is 4.79 Å². The minimum Gasteiger partial charge on any atom is -0.507 e. The molecule has 8 nitrogen and oxygen atoms in total. The second-order valence-corrected chi connectivity index (χ2v) is 4.69. The average Bonchev–Trinajstić information content (AvgIpc) is 2.54. The van der Waals surface area contributed by atoms with Gasteiger partial charge in [0.15, 0.2) is 6.29 Å². The van der Waals surface area contributed by atoms with E-state index in [0.717, 1.165) is 6.07 Å². The Morgan fingerprint density at radius 2 is 1.65 bits per heavy atom. The molecule has 1 heterocycles. The van der Waals surface area contributed by atoms with E-state index in [4.69, 9.17) is 0 Å². The molecule has 2 aromatic carbocycles. The summed E-state index contributed by atoms with van der Waals surface area (Å²) in [6.07, 6.45) is 0.360. The summed E-state index contributed by atoms with van der Waals surface area (Å²) in [4.78, 5) is 31.1. The number of aromatic hydroxyl groups is 3. The number of phenolic OH excluding ortho intramolecular Hbond substituents is 3. The Hall–Kier alpha value is -3.42. The lowest BCUT2D eigenvalue weighted by Crippen LogP contribution is -2.04. The van der Waals surface area contributed by atoms with Gasteiger partial charge in [-0.25, -0.2) is 14.8 Å². The van der Waals surface area contributed by atoms with Gasteiger partial charge in [0, 0.05) is 6.07 Å². The summed E-state index contributed by atoms with van der Waals surface area (Å²) in [6.45, 7) is 0. The van der Waals surface area contributed by atoms with Gasteiger partial charge in [0.05, 0.1) is 18.2 Å². The van der Waals surface area contributed by atoms with Gasteiger partial charge in [-0.1, -0.05) is 0 Å². The number of hydrogen-bond acceptors (Lipinski definition) is 8. The van der Waals surface area contributed by atoms with E-state index in [1.54, 1.807) is 0 Å². The summed E-state index contributed by atoms with van der Waals surface area (Å²) in [6, 6.07) is 3.49. The van der Waals surface area contributed by atoms with Crippen molar-refractivity contribution in [2.75, 3.05) is 7.11 Å². The maximum atomic E-state index is 11.8. The largest absolute Gasteiger partial charge is 0.507 e. The van der Waals surface area contributed by atoms with E-state index in [-0.39, 0.29) is 38.9 Å². The highest BCUT2D eigenvalue weighted by atomic mass is 16.5. The number of ether oxygens (including phenoxy) is 1. The monoisotopic (exact) mass is 314 g/mol. The van der Waals surface area contributed by atoms with Crippen molar-refractivity contribution >= 4 is 34.3 Å². The zero-order chi connectivity index (χ0) is 16.7. The molecule has 8 heteroatoms. The van der Waals surface area contributed by atoms with Crippen LogP contribution in [-0.4, -0.2) is 44.7 Å². The van der Waals surface area contributed by atoms with Crippen LogP contribution < -0.4 is 0 Å². The molecule has 0 radical (unpaired) electrons. The van der Waals surface area contributed by atoms with Gasteiger partial charge < -0.3 is 20.1 Å². The fraction of sp³-hybridized carbons (Fsp3) is 0.0667. The molecule has 0 amide bonds. The van der Waals surface area contributed by atoms with Gasteiger partial charge >= 0.3 is 5.97 Å². The van der Waals surface area contributed by atoms with E-state index in [2.05, 4.69) is 14.7 Å². The number of aromatic nitrogens is 2. The van der Waals surface area contributed by atoms with Crippen molar-refractivity contribution in [1.29, 1.82) is 0 Å². The lowest BCUT2D eigenvalue weighted by molar-refractivity contribution is 0.0602. The first-order valence-electron chi connectivity index (χ1n) is 6.39. The molecule has 0 aliphatic carbocycles. The maximum Gasteiger partial charge on any atom is 0.340 e. The topological polar surface area (TPSA) is 130 Å². The zero-order valence-corrected chi connectivity index (χ0v) is 11.8. The molecule has 3 rings (SSSR count). The van der Waals surface area contributed by atoms with Gasteiger partial charge in [-0.05, 0) is 12.1 Å². The predicted molar refractivity (Wildman–Crippen MR) is 78.8 cm³/mol. The fourth-order valence-electron chi connectivity index (χ4n) is 2.28.